The molecule has 19 heavy (non-hydrogen) atoms. The van der Waals surface area contributed by atoms with E-state index in [0.29, 0.717) is 18.0 Å². The summed E-state index contributed by atoms with van der Waals surface area (Å²) in [6.45, 7) is 2.57. The van der Waals surface area contributed by atoms with Gasteiger partial charge in [-0.05, 0) is 25.1 Å². The lowest BCUT2D eigenvalue weighted by molar-refractivity contribution is -0.118. The van der Waals surface area contributed by atoms with Crippen LogP contribution in [-0.4, -0.2) is 32.3 Å². The molecule has 0 heterocycles. The molecule has 0 aliphatic heterocycles. The monoisotopic (exact) mass is 352 g/mol. The molecular formula is C12H18BrClN2O3. The number of hydrogen-bond acceptors (Lipinski definition) is 4. The minimum absolute atomic E-state index is 0. The summed E-state index contributed by atoms with van der Waals surface area (Å²) in [5.74, 6) is 0.296. The normalized spacial score (nSPS) is 11.4. The summed E-state index contributed by atoms with van der Waals surface area (Å²) >= 11 is 3.35. The zero-order valence-corrected chi connectivity index (χ0v) is 13.2. The fourth-order valence-electron chi connectivity index (χ4n) is 1.36. The topological polar surface area (TPSA) is 73.6 Å². The standard InChI is InChI=1S/C12H17BrN2O3.ClH/c1-3-18-11-6-8(13)4-5-10(11)15-12(16)9(14)7-17-2;/h4-6,9H,3,7,14H2,1-2H3,(H,15,16);1H. The van der Waals surface area contributed by atoms with E-state index in [4.69, 9.17) is 15.2 Å². The van der Waals surface area contributed by atoms with E-state index in [-0.39, 0.29) is 24.9 Å². The summed E-state index contributed by atoms with van der Waals surface area (Å²) in [4.78, 5) is 11.8. The maximum Gasteiger partial charge on any atom is 0.243 e. The number of hydrogen-bond donors (Lipinski definition) is 2. The maximum atomic E-state index is 11.8. The molecule has 0 aliphatic carbocycles. The number of nitrogens with one attached hydrogen (secondary N) is 1. The zero-order valence-electron chi connectivity index (χ0n) is 10.8. The van der Waals surface area contributed by atoms with E-state index in [1.165, 1.54) is 7.11 Å². The van der Waals surface area contributed by atoms with Crippen molar-refractivity contribution in [2.75, 3.05) is 25.6 Å². The van der Waals surface area contributed by atoms with Gasteiger partial charge in [0.25, 0.3) is 0 Å². The lowest BCUT2D eigenvalue weighted by Crippen LogP contribution is -2.39. The van der Waals surface area contributed by atoms with Gasteiger partial charge in [-0.3, -0.25) is 4.79 Å². The quantitative estimate of drug-likeness (QED) is 0.822. The molecule has 1 amide bonds. The Morgan fingerprint density at radius 1 is 1.53 bits per heavy atom. The Balaban J connectivity index is 0.00000324. The number of rotatable bonds is 6. The van der Waals surface area contributed by atoms with Crippen molar-refractivity contribution >= 4 is 39.9 Å². The molecule has 1 unspecified atom stereocenters. The number of carbonyl (C=O) groups excluding carboxylic acids is 1. The van der Waals surface area contributed by atoms with Crippen molar-refractivity contribution in [2.24, 2.45) is 5.73 Å². The lowest BCUT2D eigenvalue weighted by atomic mass is 10.2. The van der Waals surface area contributed by atoms with Crippen LogP contribution in [0.4, 0.5) is 5.69 Å². The van der Waals surface area contributed by atoms with Gasteiger partial charge in [-0.2, -0.15) is 0 Å². The fourth-order valence-corrected chi connectivity index (χ4v) is 1.70. The molecule has 0 radical (unpaired) electrons. The first-order valence-corrected chi connectivity index (χ1v) is 6.35. The number of carbonyl (C=O) groups is 1. The second-order valence-electron chi connectivity index (χ2n) is 3.62. The first kappa shape index (κ1) is 18.2. The van der Waals surface area contributed by atoms with Crippen molar-refractivity contribution in [3.8, 4) is 5.75 Å². The summed E-state index contributed by atoms with van der Waals surface area (Å²) in [7, 11) is 1.50. The molecule has 5 nitrogen and oxygen atoms in total. The largest absolute Gasteiger partial charge is 0.492 e. The zero-order chi connectivity index (χ0) is 13.5. The van der Waals surface area contributed by atoms with Gasteiger partial charge in [-0.25, -0.2) is 0 Å². The Kier molecular flexibility index (Phi) is 8.75. The van der Waals surface area contributed by atoms with Gasteiger partial charge in [-0.1, -0.05) is 15.9 Å². The van der Waals surface area contributed by atoms with Crippen LogP contribution < -0.4 is 15.8 Å². The van der Waals surface area contributed by atoms with Gasteiger partial charge in [0.15, 0.2) is 0 Å². The van der Waals surface area contributed by atoms with Gasteiger partial charge in [-0.15, -0.1) is 12.4 Å². The highest BCUT2D eigenvalue weighted by Gasteiger charge is 2.15. The Morgan fingerprint density at radius 3 is 2.79 bits per heavy atom. The van der Waals surface area contributed by atoms with Crippen LogP contribution in [0.3, 0.4) is 0 Å². The Hall–Kier alpha value is -0.820. The van der Waals surface area contributed by atoms with Crippen LogP contribution in [0, 0.1) is 0 Å². The van der Waals surface area contributed by atoms with E-state index in [0.717, 1.165) is 4.47 Å². The van der Waals surface area contributed by atoms with E-state index in [1.54, 1.807) is 12.1 Å². The van der Waals surface area contributed by atoms with Gasteiger partial charge in [0.05, 0.1) is 18.9 Å². The maximum absolute atomic E-state index is 11.8. The number of anilines is 1. The molecule has 108 valence electrons. The Morgan fingerprint density at radius 2 is 2.21 bits per heavy atom. The summed E-state index contributed by atoms with van der Waals surface area (Å²) in [6.07, 6.45) is 0. The fraction of sp³-hybridized carbons (Fsp3) is 0.417. The van der Waals surface area contributed by atoms with E-state index in [2.05, 4.69) is 21.2 Å². The number of nitrogens with two attached hydrogens (primary N) is 1. The molecule has 1 rings (SSSR count). The molecule has 1 aromatic rings. The molecular weight excluding hydrogens is 336 g/mol. The van der Waals surface area contributed by atoms with Crippen LogP contribution >= 0.6 is 28.3 Å². The second kappa shape index (κ2) is 9.14. The molecule has 0 bridgehead atoms. The predicted octanol–water partition coefficient (Wildman–Crippen LogP) is 2.18. The average molecular weight is 354 g/mol. The SMILES string of the molecule is CCOc1cc(Br)ccc1NC(=O)C(N)COC.Cl. The van der Waals surface area contributed by atoms with Gasteiger partial charge in [0.2, 0.25) is 5.91 Å². The highest BCUT2D eigenvalue weighted by atomic mass is 79.9. The van der Waals surface area contributed by atoms with Gasteiger partial charge < -0.3 is 20.5 Å². The van der Waals surface area contributed by atoms with Crippen molar-refractivity contribution in [3.63, 3.8) is 0 Å². The number of methoxy groups -OCH3 is 1. The molecule has 0 saturated carbocycles. The van der Waals surface area contributed by atoms with E-state index < -0.39 is 6.04 Å². The molecule has 1 aromatic carbocycles. The predicted molar refractivity (Wildman–Crippen MR) is 81.0 cm³/mol. The molecule has 0 spiro atoms. The van der Waals surface area contributed by atoms with Crippen LogP contribution in [0.25, 0.3) is 0 Å². The Labute approximate surface area is 127 Å². The van der Waals surface area contributed by atoms with Crippen molar-refractivity contribution in [1.82, 2.24) is 0 Å². The smallest absolute Gasteiger partial charge is 0.243 e. The van der Waals surface area contributed by atoms with Gasteiger partial charge in [0.1, 0.15) is 11.8 Å². The molecule has 1 atom stereocenters. The van der Waals surface area contributed by atoms with Crippen LogP contribution in [-0.2, 0) is 9.53 Å². The minimum Gasteiger partial charge on any atom is -0.492 e. The van der Waals surface area contributed by atoms with Crippen LogP contribution in [0.15, 0.2) is 22.7 Å². The van der Waals surface area contributed by atoms with Crippen molar-refractivity contribution < 1.29 is 14.3 Å². The van der Waals surface area contributed by atoms with E-state index in [1.807, 2.05) is 13.0 Å². The highest BCUT2D eigenvalue weighted by Crippen LogP contribution is 2.28. The number of benzene rings is 1. The summed E-state index contributed by atoms with van der Waals surface area (Å²) < 4.78 is 11.2. The average Bonchev–Trinajstić information content (AvgIpc) is 2.33. The number of halogens is 2. The number of amides is 1. The first-order chi connectivity index (χ1) is 8.58. The van der Waals surface area contributed by atoms with Crippen molar-refractivity contribution in [2.45, 2.75) is 13.0 Å². The van der Waals surface area contributed by atoms with Crippen molar-refractivity contribution in [1.29, 1.82) is 0 Å². The second-order valence-corrected chi connectivity index (χ2v) is 4.54. The van der Waals surface area contributed by atoms with E-state index in [9.17, 15) is 4.79 Å². The molecule has 0 aliphatic rings. The molecule has 0 fully saturated rings. The van der Waals surface area contributed by atoms with Crippen LogP contribution in [0.5, 0.6) is 5.75 Å². The Bertz CT molecular complexity index is 418. The van der Waals surface area contributed by atoms with Crippen molar-refractivity contribution in [3.05, 3.63) is 22.7 Å². The molecule has 7 heteroatoms. The number of ether oxygens (including phenoxy) is 2. The molecule has 0 aromatic heterocycles. The van der Waals surface area contributed by atoms with E-state index >= 15 is 0 Å². The van der Waals surface area contributed by atoms with Gasteiger partial charge in [0, 0.05) is 11.6 Å². The minimum atomic E-state index is -0.701. The third-order valence-corrected chi connectivity index (χ3v) is 2.68. The highest BCUT2D eigenvalue weighted by molar-refractivity contribution is 9.10. The molecule has 3 N–H and O–H groups in total. The summed E-state index contributed by atoms with van der Waals surface area (Å²) in [5, 5.41) is 2.72. The lowest BCUT2D eigenvalue weighted by Gasteiger charge is -2.14. The molecule has 0 saturated heterocycles. The van der Waals surface area contributed by atoms with Crippen LogP contribution in [0.2, 0.25) is 0 Å². The summed E-state index contributed by atoms with van der Waals surface area (Å²) in [6, 6.07) is 4.67. The van der Waals surface area contributed by atoms with Crippen LogP contribution in [0.1, 0.15) is 6.92 Å². The summed E-state index contributed by atoms with van der Waals surface area (Å²) in [5.41, 5.74) is 6.24. The first-order valence-electron chi connectivity index (χ1n) is 5.56. The third kappa shape index (κ3) is 5.78. The van der Waals surface area contributed by atoms with Gasteiger partial charge >= 0.3 is 0 Å². The third-order valence-electron chi connectivity index (χ3n) is 2.18.